The van der Waals surface area contributed by atoms with E-state index in [0.29, 0.717) is 6.42 Å². The van der Waals surface area contributed by atoms with Gasteiger partial charge in [-0.3, -0.25) is 4.79 Å². The molecule has 1 aromatic heterocycles. The van der Waals surface area contributed by atoms with E-state index in [1.165, 1.54) is 11.1 Å². The number of aromatic amines is 1. The lowest BCUT2D eigenvalue weighted by molar-refractivity contribution is -0.138. The zero-order valence-corrected chi connectivity index (χ0v) is 9.95. The maximum atomic E-state index is 10.7. The maximum absolute atomic E-state index is 10.7. The van der Waals surface area contributed by atoms with Gasteiger partial charge in [0.2, 0.25) is 0 Å². The highest BCUT2D eigenvalue weighted by molar-refractivity contribution is 5.85. The SMILES string of the molecule is Cc1cc2[nH]cc(CC(N)C(=O)O)c2cc1C. The number of hydrogen-bond donors (Lipinski definition) is 3. The summed E-state index contributed by atoms with van der Waals surface area (Å²) in [5.74, 6) is -0.969. The molecule has 0 aliphatic heterocycles. The Morgan fingerprint density at radius 3 is 2.71 bits per heavy atom. The number of carboxylic acids is 1. The molecule has 0 spiro atoms. The average molecular weight is 232 g/mol. The Morgan fingerprint density at radius 1 is 1.41 bits per heavy atom. The maximum Gasteiger partial charge on any atom is 0.320 e. The summed E-state index contributed by atoms with van der Waals surface area (Å²) in [6.45, 7) is 4.10. The number of aromatic nitrogens is 1. The molecule has 0 radical (unpaired) electrons. The van der Waals surface area contributed by atoms with Gasteiger partial charge in [0.25, 0.3) is 0 Å². The van der Waals surface area contributed by atoms with E-state index < -0.39 is 12.0 Å². The van der Waals surface area contributed by atoms with E-state index in [1.807, 2.05) is 13.1 Å². The van der Waals surface area contributed by atoms with Gasteiger partial charge < -0.3 is 15.8 Å². The highest BCUT2D eigenvalue weighted by Gasteiger charge is 2.15. The third-order valence-corrected chi connectivity index (χ3v) is 3.14. The minimum Gasteiger partial charge on any atom is -0.480 e. The van der Waals surface area contributed by atoms with Crippen LogP contribution in [0.5, 0.6) is 0 Å². The molecule has 17 heavy (non-hydrogen) atoms. The van der Waals surface area contributed by atoms with E-state index in [9.17, 15) is 4.79 Å². The van der Waals surface area contributed by atoms with E-state index in [2.05, 4.69) is 24.0 Å². The molecule has 1 heterocycles. The van der Waals surface area contributed by atoms with Crippen molar-refractivity contribution >= 4 is 16.9 Å². The van der Waals surface area contributed by atoms with Crippen LogP contribution in [-0.4, -0.2) is 22.1 Å². The van der Waals surface area contributed by atoms with Crippen LogP contribution in [0.3, 0.4) is 0 Å². The smallest absolute Gasteiger partial charge is 0.320 e. The first-order valence-corrected chi connectivity index (χ1v) is 5.54. The molecule has 0 saturated heterocycles. The number of carboxylic acid groups (broad SMARTS) is 1. The van der Waals surface area contributed by atoms with Gasteiger partial charge in [-0.15, -0.1) is 0 Å². The molecule has 4 heteroatoms. The van der Waals surface area contributed by atoms with Crippen LogP contribution in [0, 0.1) is 13.8 Å². The minimum absolute atomic E-state index is 0.345. The van der Waals surface area contributed by atoms with Crippen LogP contribution in [0.15, 0.2) is 18.3 Å². The summed E-state index contributed by atoms with van der Waals surface area (Å²) in [6, 6.07) is 3.29. The van der Waals surface area contributed by atoms with Crippen molar-refractivity contribution < 1.29 is 9.90 Å². The number of aryl methyl sites for hydroxylation is 2. The van der Waals surface area contributed by atoms with Gasteiger partial charge in [0.05, 0.1) is 0 Å². The van der Waals surface area contributed by atoms with Crippen LogP contribution in [0.4, 0.5) is 0 Å². The number of hydrogen-bond acceptors (Lipinski definition) is 2. The Balaban J connectivity index is 2.42. The van der Waals surface area contributed by atoms with Crippen molar-refractivity contribution in [3.8, 4) is 0 Å². The van der Waals surface area contributed by atoms with Gasteiger partial charge in [-0.05, 0) is 42.7 Å². The van der Waals surface area contributed by atoms with Crippen LogP contribution in [0.2, 0.25) is 0 Å². The van der Waals surface area contributed by atoms with E-state index in [1.54, 1.807) is 0 Å². The topological polar surface area (TPSA) is 79.1 Å². The standard InChI is InChI=1S/C13H16N2O2/c1-7-3-10-9(5-11(14)13(16)17)6-15-12(10)4-8(7)2/h3-4,6,11,15H,5,14H2,1-2H3,(H,16,17). The second-order valence-electron chi connectivity index (χ2n) is 4.44. The molecule has 1 unspecified atom stereocenters. The van der Waals surface area contributed by atoms with Crippen molar-refractivity contribution in [1.29, 1.82) is 0 Å². The van der Waals surface area contributed by atoms with E-state index >= 15 is 0 Å². The molecular formula is C13H16N2O2. The number of benzene rings is 1. The monoisotopic (exact) mass is 232 g/mol. The molecule has 0 amide bonds. The van der Waals surface area contributed by atoms with Crippen LogP contribution in [0.25, 0.3) is 10.9 Å². The fraction of sp³-hybridized carbons (Fsp3) is 0.308. The summed E-state index contributed by atoms with van der Waals surface area (Å²) in [5.41, 5.74) is 9.95. The Kier molecular flexibility index (Phi) is 2.90. The molecule has 0 aliphatic rings. The summed E-state index contributed by atoms with van der Waals surface area (Å²) in [6.07, 6.45) is 2.18. The number of H-pyrrole nitrogens is 1. The molecule has 2 rings (SSSR count). The summed E-state index contributed by atoms with van der Waals surface area (Å²) in [5, 5.41) is 9.88. The third-order valence-electron chi connectivity index (χ3n) is 3.14. The molecule has 4 N–H and O–H groups in total. The number of aliphatic carboxylic acids is 1. The second-order valence-corrected chi connectivity index (χ2v) is 4.44. The molecule has 0 bridgehead atoms. The van der Waals surface area contributed by atoms with E-state index in [4.69, 9.17) is 10.8 Å². The van der Waals surface area contributed by atoms with Gasteiger partial charge in [0, 0.05) is 23.5 Å². The van der Waals surface area contributed by atoms with E-state index in [0.717, 1.165) is 16.5 Å². The van der Waals surface area contributed by atoms with Crippen molar-refractivity contribution in [2.45, 2.75) is 26.3 Å². The lowest BCUT2D eigenvalue weighted by atomic mass is 10.0. The Hall–Kier alpha value is -1.81. The molecule has 1 atom stereocenters. The molecule has 4 nitrogen and oxygen atoms in total. The number of rotatable bonds is 3. The van der Waals surface area contributed by atoms with Gasteiger partial charge in [0.15, 0.2) is 0 Å². The Bertz CT molecular complexity index is 572. The van der Waals surface area contributed by atoms with Crippen molar-refractivity contribution in [2.24, 2.45) is 5.73 Å². The zero-order chi connectivity index (χ0) is 12.6. The molecule has 1 aromatic carbocycles. The number of nitrogens with one attached hydrogen (secondary N) is 1. The molecule has 0 fully saturated rings. The van der Waals surface area contributed by atoms with E-state index in [-0.39, 0.29) is 0 Å². The fourth-order valence-corrected chi connectivity index (χ4v) is 1.94. The highest BCUT2D eigenvalue weighted by Crippen LogP contribution is 2.23. The largest absolute Gasteiger partial charge is 0.480 e. The summed E-state index contributed by atoms with van der Waals surface area (Å²) in [7, 11) is 0. The van der Waals surface area contributed by atoms with Crippen molar-refractivity contribution in [1.82, 2.24) is 4.98 Å². The predicted molar refractivity (Wildman–Crippen MR) is 67.1 cm³/mol. The van der Waals surface area contributed by atoms with Crippen molar-refractivity contribution in [2.75, 3.05) is 0 Å². The molecule has 2 aromatic rings. The summed E-state index contributed by atoms with van der Waals surface area (Å²) in [4.78, 5) is 13.9. The van der Waals surface area contributed by atoms with Gasteiger partial charge in [-0.25, -0.2) is 0 Å². The Morgan fingerprint density at radius 2 is 2.06 bits per heavy atom. The van der Waals surface area contributed by atoms with Gasteiger partial charge in [-0.1, -0.05) is 0 Å². The normalized spacial score (nSPS) is 12.9. The molecular weight excluding hydrogens is 216 g/mol. The van der Waals surface area contributed by atoms with Crippen molar-refractivity contribution in [3.05, 3.63) is 35.0 Å². The van der Waals surface area contributed by atoms with Crippen LogP contribution in [0.1, 0.15) is 16.7 Å². The van der Waals surface area contributed by atoms with Gasteiger partial charge in [0.1, 0.15) is 6.04 Å². The Labute approximate surface area is 99.4 Å². The number of carbonyl (C=O) groups is 1. The summed E-state index contributed by atoms with van der Waals surface area (Å²) >= 11 is 0. The minimum atomic E-state index is -0.969. The van der Waals surface area contributed by atoms with Gasteiger partial charge in [-0.2, -0.15) is 0 Å². The lowest BCUT2D eigenvalue weighted by Gasteiger charge is -2.06. The molecule has 0 aliphatic carbocycles. The number of fused-ring (bicyclic) bond motifs is 1. The molecule has 0 saturated carbocycles. The highest BCUT2D eigenvalue weighted by atomic mass is 16.4. The van der Waals surface area contributed by atoms with Gasteiger partial charge >= 0.3 is 5.97 Å². The zero-order valence-electron chi connectivity index (χ0n) is 9.95. The first-order chi connectivity index (χ1) is 7.99. The quantitative estimate of drug-likeness (QED) is 0.754. The predicted octanol–water partition coefficient (Wildman–Crippen LogP) is 1.74. The average Bonchev–Trinajstić information content (AvgIpc) is 2.62. The van der Waals surface area contributed by atoms with Crippen LogP contribution in [-0.2, 0) is 11.2 Å². The fourth-order valence-electron chi connectivity index (χ4n) is 1.94. The lowest BCUT2D eigenvalue weighted by Crippen LogP contribution is -2.32. The number of nitrogens with two attached hydrogens (primary N) is 1. The third kappa shape index (κ3) is 2.17. The first kappa shape index (κ1) is 11.7. The first-order valence-electron chi connectivity index (χ1n) is 5.54. The van der Waals surface area contributed by atoms with Crippen LogP contribution >= 0.6 is 0 Å². The second kappa shape index (κ2) is 4.22. The van der Waals surface area contributed by atoms with Crippen LogP contribution < -0.4 is 5.73 Å². The van der Waals surface area contributed by atoms with Crippen molar-refractivity contribution in [3.63, 3.8) is 0 Å². The summed E-state index contributed by atoms with van der Waals surface area (Å²) < 4.78 is 0. The molecule has 90 valence electrons.